The van der Waals surface area contributed by atoms with E-state index in [1.54, 1.807) is 32.8 Å². The van der Waals surface area contributed by atoms with Crippen LogP contribution in [0.1, 0.15) is 0 Å². The minimum absolute atomic E-state index is 0. The summed E-state index contributed by atoms with van der Waals surface area (Å²) in [5.74, 6) is 0. The SMILES string of the molecule is [Na+].[Na+].[S-]B1SSB([S-])S1. The zero-order chi connectivity index (χ0) is 5.28. The summed E-state index contributed by atoms with van der Waals surface area (Å²) in [5, 5.41) is 0. The maximum absolute atomic E-state index is 4.92. The van der Waals surface area contributed by atoms with Crippen molar-refractivity contribution in [1.29, 1.82) is 0 Å². The summed E-state index contributed by atoms with van der Waals surface area (Å²) >= 11 is 11.5. The molecule has 0 aromatic heterocycles. The van der Waals surface area contributed by atoms with E-state index in [1.165, 1.54) is 0 Å². The Kier molecular flexibility index (Phi) is 14.5. The van der Waals surface area contributed by atoms with Crippen LogP contribution < -0.4 is 59.1 Å². The molecule has 9 heavy (non-hydrogen) atoms. The van der Waals surface area contributed by atoms with E-state index in [2.05, 4.69) is 0 Å². The van der Waals surface area contributed by atoms with Crippen LogP contribution >= 0.6 is 32.8 Å². The van der Waals surface area contributed by atoms with E-state index in [4.69, 9.17) is 25.0 Å². The minimum atomic E-state index is 0. The topological polar surface area (TPSA) is 0 Å². The van der Waals surface area contributed by atoms with E-state index in [1.807, 2.05) is 0 Å². The third kappa shape index (κ3) is 6.99. The molecule has 0 amide bonds. The van der Waals surface area contributed by atoms with Gasteiger partial charge in [-0.3, -0.25) is 11.5 Å². The molecule has 1 saturated heterocycles. The average molecular weight is 228 g/mol. The van der Waals surface area contributed by atoms with Gasteiger partial charge < -0.3 is 25.0 Å². The first-order valence-corrected chi connectivity index (χ1v) is 5.74. The quantitative estimate of drug-likeness (QED) is 0.231. The van der Waals surface area contributed by atoms with Crippen molar-refractivity contribution < 1.29 is 59.1 Å². The fraction of sp³-hybridized carbons (Fsp3) is 0. The summed E-state index contributed by atoms with van der Waals surface area (Å²) in [7, 11) is 3.39. The molecule has 1 aliphatic heterocycles. The van der Waals surface area contributed by atoms with E-state index in [-0.39, 0.29) is 59.1 Å². The standard InChI is InChI=1S/B2S5.2Na/c3-1-5-2(4)7-6-1;;/q-2;2*+1. The van der Waals surface area contributed by atoms with Gasteiger partial charge in [0.1, 0.15) is 9.10 Å². The zero-order valence-electron chi connectivity index (χ0n) is 5.20. The Balaban J connectivity index is 0. The van der Waals surface area contributed by atoms with Gasteiger partial charge in [-0.15, -0.1) is 0 Å². The third-order valence-corrected chi connectivity index (χ3v) is 6.74. The Labute approximate surface area is 123 Å². The van der Waals surface area contributed by atoms with E-state index in [0.717, 1.165) is 0 Å². The summed E-state index contributed by atoms with van der Waals surface area (Å²) in [6.07, 6.45) is 0. The summed E-state index contributed by atoms with van der Waals surface area (Å²) in [6.45, 7) is 0. The number of rotatable bonds is 0. The monoisotopic (exact) mass is 228 g/mol. The second-order valence-corrected chi connectivity index (χ2v) is 7.34. The molecular weight excluding hydrogens is 228 g/mol. The third-order valence-electron chi connectivity index (χ3n) is 0.435. The van der Waals surface area contributed by atoms with E-state index < -0.39 is 0 Å². The predicted octanol–water partition coefficient (Wildman–Crippen LogP) is -4.81. The molecule has 0 aromatic rings. The Hall–Kier alpha value is 3.88. The van der Waals surface area contributed by atoms with Crippen LogP contribution in [0, 0.1) is 0 Å². The van der Waals surface area contributed by atoms with Crippen LogP contribution in [0.5, 0.6) is 0 Å². The largest absolute Gasteiger partial charge is 1.00 e. The minimum Gasteiger partial charge on any atom is -0.802 e. The average Bonchev–Trinajstić information content (AvgIpc) is 1.87. The molecule has 38 valence electrons. The first-order valence-electron chi connectivity index (χ1n) is 1.58. The molecule has 1 aliphatic rings. The van der Waals surface area contributed by atoms with Gasteiger partial charge >= 0.3 is 59.1 Å². The van der Waals surface area contributed by atoms with Crippen molar-refractivity contribution in [3.8, 4) is 0 Å². The molecule has 1 fully saturated rings. The molecule has 0 N–H and O–H groups in total. The van der Waals surface area contributed by atoms with Gasteiger partial charge in [0.15, 0.2) is 0 Å². The smallest absolute Gasteiger partial charge is 0.802 e. The van der Waals surface area contributed by atoms with Gasteiger partial charge in [0.25, 0.3) is 0 Å². The predicted molar refractivity (Wildman–Crippen MR) is 49.0 cm³/mol. The molecule has 0 aromatic carbocycles. The van der Waals surface area contributed by atoms with Crippen molar-refractivity contribution in [2.45, 2.75) is 0 Å². The van der Waals surface area contributed by atoms with Crippen molar-refractivity contribution >= 4 is 66.8 Å². The fourth-order valence-electron chi connectivity index (χ4n) is 0.227. The van der Waals surface area contributed by atoms with Crippen molar-refractivity contribution in [3.63, 3.8) is 0 Å². The Morgan fingerprint density at radius 1 is 0.889 bits per heavy atom. The molecule has 0 atom stereocenters. The van der Waals surface area contributed by atoms with Crippen LogP contribution in [0.4, 0.5) is 0 Å². The van der Waals surface area contributed by atoms with Gasteiger partial charge in [0, 0.05) is 0 Å². The molecule has 0 unspecified atom stereocenters. The van der Waals surface area contributed by atoms with Gasteiger partial charge in [0.2, 0.25) is 0 Å². The summed E-state index contributed by atoms with van der Waals surface area (Å²) in [6, 6.07) is 0. The van der Waals surface area contributed by atoms with Crippen molar-refractivity contribution in [3.05, 3.63) is 0 Å². The van der Waals surface area contributed by atoms with E-state index in [9.17, 15) is 0 Å². The molecule has 0 saturated carbocycles. The second kappa shape index (κ2) is 8.48. The van der Waals surface area contributed by atoms with Gasteiger partial charge in [-0.1, -0.05) is 0 Å². The second-order valence-electron chi connectivity index (χ2n) is 0.906. The fourth-order valence-corrected chi connectivity index (χ4v) is 6.12. The van der Waals surface area contributed by atoms with Crippen LogP contribution in [-0.4, -0.2) is 9.10 Å². The maximum Gasteiger partial charge on any atom is 1.00 e. The van der Waals surface area contributed by atoms with Crippen LogP contribution in [0.25, 0.3) is 0 Å². The molecule has 0 aliphatic carbocycles. The molecular formula is B2Na2S5. The summed E-state index contributed by atoms with van der Waals surface area (Å²) in [5.41, 5.74) is 0. The van der Waals surface area contributed by atoms with Crippen LogP contribution in [0.15, 0.2) is 0 Å². The van der Waals surface area contributed by atoms with E-state index >= 15 is 0 Å². The summed E-state index contributed by atoms with van der Waals surface area (Å²) in [4.78, 5) is 0. The number of hydrogen-bond acceptors (Lipinski definition) is 5. The van der Waals surface area contributed by atoms with Crippen molar-refractivity contribution in [2.24, 2.45) is 0 Å². The molecule has 1 rings (SSSR count). The van der Waals surface area contributed by atoms with E-state index in [0.29, 0.717) is 9.10 Å². The van der Waals surface area contributed by atoms with Crippen LogP contribution in [0.2, 0.25) is 0 Å². The van der Waals surface area contributed by atoms with Gasteiger partial charge in [0.05, 0.1) is 0 Å². The Morgan fingerprint density at radius 3 is 1.33 bits per heavy atom. The van der Waals surface area contributed by atoms with Gasteiger partial charge in [-0.2, -0.15) is 21.3 Å². The number of hydrogen-bond donors (Lipinski definition) is 0. The van der Waals surface area contributed by atoms with Gasteiger partial charge in [-0.25, -0.2) is 0 Å². The molecule has 0 spiro atoms. The zero-order valence-corrected chi connectivity index (χ0v) is 13.3. The Morgan fingerprint density at radius 2 is 1.22 bits per heavy atom. The normalized spacial score (nSPS) is 16.7. The summed E-state index contributed by atoms with van der Waals surface area (Å²) < 4.78 is 0.597. The molecule has 9 heteroatoms. The van der Waals surface area contributed by atoms with Gasteiger partial charge in [-0.05, 0) is 0 Å². The molecule has 1 heterocycles. The molecule has 0 bridgehead atoms. The van der Waals surface area contributed by atoms with Crippen molar-refractivity contribution in [2.75, 3.05) is 0 Å². The first-order chi connectivity index (χ1) is 3.29. The van der Waals surface area contributed by atoms with Crippen LogP contribution in [0.3, 0.4) is 0 Å². The van der Waals surface area contributed by atoms with Crippen molar-refractivity contribution in [1.82, 2.24) is 0 Å². The maximum atomic E-state index is 4.92. The Bertz CT molecular complexity index is 62.0. The molecule has 0 nitrogen and oxygen atoms in total. The first kappa shape index (κ1) is 15.4. The molecule has 0 radical (unpaired) electrons. The van der Waals surface area contributed by atoms with Crippen LogP contribution in [-0.2, 0) is 25.0 Å².